The molecule has 9 nitrogen and oxygen atoms in total. The maximum atomic E-state index is 14.1. The second-order valence-corrected chi connectivity index (χ2v) is 13.1. The largest absolute Gasteiger partial charge is 0.366 e. The van der Waals surface area contributed by atoms with Gasteiger partial charge in [0.2, 0.25) is 5.91 Å². The van der Waals surface area contributed by atoms with E-state index in [0.29, 0.717) is 48.8 Å². The Morgan fingerprint density at radius 2 is 1.93 bits per heavy atom. The van der Waals surface area contributed by atoms with Crippen LogP contribution in [0.3, 0.4) is 0 Å². The van der Waals surface area contributed by atoms with E-state index < -0.39 is 5.92 Å². The topological polar surface area (TPSA) is 90.7 Å². The van der Waals surface area contributed by atoms with Crippen LogP contribution in [0.25, 0.3) is 5.65 Å². The van der Waals surface area contributed by atoms with Crippen LogP contribution >= 0.6 is 11.6 Å². The molecule has 2 aliphatic heterocycles. The molecular formula is C32H33ClF2N8O. The number of nitrogens with zero attached hydrogens (tertiary/aromatic N) is 6. The number of carbonyl (C=O) groups excluding carboxylic acids is 1. The average molecular weight is 619 g/mol. The summed E-state index contributed by atoms with van der Waals surface area (Å²) in [5.41, 5.74) is 5.02. The van der Waals surface area contributed by atoms with Gasteiger partial charge in [0.1, 0.15) is 18.0 Å². The number of nitrogens with one attached hydrogen (secondary N) is 2. The van der Waals surface area contributed by atoms with Crippen LogP contribution in [0.5, 0.6) is 0 Å². The number of pyridine rings is 1. The fourth-order valence-electron chi connectivity index (χ4n) is 6.84. The Morgan fingerprint density at radius 3 is 2.77 bits per heavy atom. The maximum Gasteiger partial charge on any atom is 0.262 e. The summed E-state index contributed by atoms with van der Waals surface area (Å²) in [6, 6.07) is 11.4. The lowest BCUT2D eigenvalue weighted by molar-refractivity contribution is -0.117. The normalized spacial score (nSPS) is 24.3. The second kappa shape index (κ2) is 10.7. The molecule has 8 rings (SSSR count). The maximum absolute atomic E-state index is 14.1. The monoisotopic (exact) mass is 618 g/mol. The summed E-state index contributed by atoms with van der Waals surface area (Å²) in [7, 11) is 0. The third kappa shape index (κ3) is 5.59. The molecule has 228 valence electrons. The number of hydrogen-bond donors (Lipinski definition) is 2. The van der Waals surface area contributed by atoms with Crippen molar-refractivity contribution in [3.63, 3.8) is 0 Å². The van der Waals surface area contributed by atoms with E-state index in [9.17, 15) is 13.6 Å². The number of halogens is 3. The number of rotatable bonds is 8. The zero-order chi connectivity index (χ0) is 30.0. The van der Waals surface area contributed by atoms with Gasteiger partial charge in [-0.3, -0.25) is 9.69 Å². The smallest absolute Gasteiger partial charge is 0.262 e. The molecule has 4 fully saturated rings. The molecular weight excluding hydrogens is 586 g/mol. The van der Waals surface area contributed by atoms with E-state index in [2.05, 4.69) is 42.2 Å². The van der Waals surface area contributed by atoms with Crippen molar-refractivity contribution in [1.29, 1.82) is 0 Å². The molecule has 2 saturated carbocycles. The third-order valence-corrected chi connectivity index (χ3v) is 9.57. The Labute approximate surface area is 258 Å². The molecule has 2 saturated heterocycles. The summed E-state index contributed by atoms with van der Waals surface area (Å²) in [6.45, 7) is 2.19. The summed E-state index contributed by atoms with van der Waals surface area (Å²) in [5, 5.41) is 6.91. The first-order valence-electron chi connectivity index (χ1n) is 15.3. The molecule has 3 atom stereocenters. The van der Waals surface area contributed by atoms with Crippen molar-refractivity contribution >= 4 is 40.5 Å². The lowest BCUT2D eigenvalue weighted by atomic mass is 10.1. The minimum absolute atomic E-state index is 0.0684. The van der Waals surface area contributed by atoms with Gasteiger partial charge in [0.25, 0.3) is 5.92 Å². The number of alkyl halides is 2. The molecule has 1 unspecified atom stereocenters. The molecule has 4 aromatic rings. The Bertz CT molecular complexity index is 1740. The summed E-state index contributed by atoms with van der Waals surface area (Å²) in [6.07, 6.45) is 8.63. The van der Waals surface area contributed by atoms with Gasteiger partial charge in [0, 0.05) is 61.5 Å². The van der Waals surface area contributed by atoms with Gasteiger partial charge in [-0.1, -0.05) is 23.7 Å². The van der Waals surface area contributed by atoms with Crippen molar-refractivity contribution in [2.24, 2.45) is 5.92 Å². The highest BCUT2D eigenvalue weighted by Gasteiger charge is 2.47. The van der Waals surface area contributed by atoms with Crippen LogP contribution in [0.1, 0.15) is 54.3 Å². The fraction of sp³-hybridized carbons (Fsp3) is 0.438. The second-order valence-electron chi connectivity index (χ2n) is 12.7. The summed E-state index contributed by atoms with van der Waals surface area (Å²) < 4.78 is 30.3. The Balaban J connectivity index is 0.955. The first-order chi connectivity index (χ1) is 21.3. The Morgan fingerprint density at radius 1 is 1.07 bits per heavy atom. The number of aromatic nitrogens is 4. The number of hydrogen-bond acceptors (Lipinski definition) is 7. The van der Waals surface area contributed by atoms with Crippen LogP contribution in [-0.2, 0) is 11.3 Å². The first kappa shape index (κ1) is 27.7. The van der Waals surface area contributed by atoms with Gasteiger partial charge in [0.15, 0.2) is 5.65 Å². The number of amides is 1. The molecule has 44 heavy (non-hydrogen) atoms. The van der Waals surface area contributed by atoms with Crippen molar-refractivity contribution in [2.45, 2.75) is 56.0 Å². The lowest BCUT2D eigenvalue weighted by Gasteiger charge is -2.38. The van der Waals surface area contributed by atoms with Gasteiger partial charge < -0.3 is 19.9 Å². The highest BCUT2D eigenvalue weighted by atomic mass is 35.5. The van der Waals surface area contributed by atoms with Crippen molar-refractivity contribution in [2.75, 3.05) is 41.7 Å². The van der Waals surface area contributed by atoms with Gasteiger partial charge in [-0.15, -0.1) is 0 Å². The standard InChI is InChI=1S/C32H33ClF2N8O/c33-22-3-1-2-20(8-22)25-10-26(25)31(44)40-29-11-28(37-18-38-29)36-13-23-15-43-14-21(19-4-5-19)9-27(30(43)39-23)41-6-7-42-17-32(34,35)12-24(42)16-41/h1-3,8-9,11,14-15,18-19,24-26H,4-7,10,12-13,16-17H2,(H2,36,37,38,40,44)/t24?,25-,26+/m1/s1. The molecule has 2 N–H and O–H groups in total. The zero-order valence-corrected chi connectivity index (χ0v) is 24.9. The number of carbonyl (C=O) groups is 1. The quantitative estimate of drug-likeness (QED) is 0.268. The van der Waals surface area contributed by atoms with Crippen LogP contribution in [-0.4, -0.2) is 68.3 Å². The highest BCUT2D eigenvalue weighted by molar-refractivity contribution is 6.30. The molecule has 1 aromatic carbocycles. The SMILES string of the molecule is O=C(Nc1cc(NCc2cn3cc(C4CC4)cc(N4CCN5CC(F)(F)CC5C4)c3n2)ncn1)[C@H]1C[C@@H]1c1cccc(Cl)c1. The van der Waals surface area contributed by atoms with E-state index in [1.54, 1.807) is 6.07 Å². The number of fused-ring (bicyclic) bond motifs is 2. The van der Waals surface area contributed by atoms with Gasteiger partial charge in [-0.2, -0.15) is 0 Å². The number of imidazole rings is 1. The minimum Gasteiger partial charge on any atom is -0.366 e. The molecule has 3 aromatic heterocycles. The predicted octanol–water partition coefficient (Wildman–Crippen LogP) is 5.54. The summed E-state index contributed by atoms with van der Waals surface area (Å²) >= 11 is 6.12. The Kier molecular flexibility index (Phi) is 6.71. The van der Waals surface area contributed by atoms with Crippen molar-refractivity contribution in [1.82, 2.24) is 24.3 Å². The highest BCUT2D eigenvalue weighted by Crippen LogP contribution is 2.48. The fourth-order valence-corrected chi connectivity index (χ4v) is 7.04. The molecule has 1 amide bonds. The van der Waals surface area contributed by atoms with Gasteiger partial charge in [0.05, 0.1) is 24.5 Å². The number of piperazine rings is 1. The Hall–Kier alpha value is -3.83. The van der Waals surface area contributed by atoms with Crippen molar-refractivity contribution in [3.05, 3.63) is 77.0 Å². The van der Waals surface area contributed by atoms with Crippen molar-refractivity contribution < 1.29 is 13.6 Å². The van der Waals surface area contributed by atoms with E-state index >= 15 is 0 Å². The number of anilines is 3. The van der Waals surface area contributed by atoms with Crippen molar-refractivity contribution in [3.8, 4) is 0 Å². The summed E-state index contributed by atoms with van der Waals surface area (Å²) in [4.78, 5) is 30.6. The molecule has 0 bridgehead atoms. The van der Waals surface area contributed by atoms with Gasteiger partial charge in [-0.25, -0.2) is 23.7 Å². The van der Waals surface area contributed by atoms with E-state index in [0.717, 1.165) is 29.0 Å². The molecule has 0 radical (unpaired) electrons. The minimum atomic E-state index is -2.61. The molecule has 12 heteroatoms. The van der Waals surface area contributed by atoms with E-state index in [4.69, 9.17) is 16.6 Å². The van der Waals surface area contributed by atoms with E-state index in [-0.39, 0.29) is 36.8 Å². The van der Waals surface area contributed by atoms with Gasteiger partial charge >= 0.3 is 0 Å². The molecule has 2 aliphatic carbocycles. The molecule has 4 aliphatic rings. The van der Waals surface area contributed by atoms with E-state index in [1.807, 2.05) is 35.4 Å². The zero-order valence-electron chi connectivity index (χ0n) is 24.1. The van der Waals surface area contributed by atoms with Gasteiger partial charge in [-0.05, 0) is 60.4 Å². The predicted molar refractivity (Wildman–Crippen MR) is 165 cm³/mol. The molecule has 5 heterocycles. The third-order valence-electron chi connectivity index (χ3n) is 9.34. The van der Waals surface area contributed by atoms with E-state index in [1.165, 1.54) is 24.7 Å². The van der Waals surface area contributed by atoms with Crippen LogP contribution in [0, 0.1) is 5.92 Å². The van der Waals surface area contributed by atoms with Crippen LogP contribution in [0.4, 0.5) is 26.1 Å². The lowest BCUT2D eigenvalue weighted by Crippen LogP contribution is -2.50. The summed E-state index contributed by atoms with van der Waals surface area (Å²) in [5.74, 6) is -1.07. The first-order valence-corrected chi connectivity index (χ1v) is 15.7. The van der Waals surface area contributed by atoms with Crippen LogP contribution in [0.15, 0.2) is 55.1 Å². The average Bonchev–Trinajstić information content (AvgIpc) is 3.92. The van der Waals surface area contributed by atoms with Crippen LogP contribution < -0.4 is 15.5 Å². The molecule has 0 spiro atoms. The number of benzene rings is 1. The van der Waals surface area contributed by atoms with Crippen LogP contribution in [0.2, 0.25) is 5.02 Å².